The predicted octanol–water partition coefficient (Wildman–Crippen LogP) is 4.63. The Balaban J connectivity index is 1.24. The van der Waals surface area contributed by atoms with Crippen molar-refractivity contribution in [3.05, 3.63) is 59.7 Å². The highest BCUT2D eigenvalue weighted by atomic mass is 32.2. The summed E-state index contributed by atoms with van der Waals surface area (Å²) in [7, 11) is 0. The number of aryl methyl sites for hydroxylation is 1. The Hall–Kier alpha value is -2.27. The lowest BCUT2D eigenvalue weighted by Gasteiger charge is -2.26. The zero-order valence-corrected chi connectivity index (χ0v) is 15.5. The van der Waals surface area contributed by atoms with Crippen LogP contribution in [0.5, 0.6) is 0 Å². The van der Waals surface area contributed by atoms with Crippen molar-refractivity contribution in [1.82, 2.24) is 15.3 Å². The van der Waals surface area contributed by atoms with Gasteiger partial charge in [0.1, 0.15) is 0 Å². The van der Waals surface area contributed by atoms with Crippen LogP contribution in [0.2, 0.25) is 0 Å². The van der Waals surface area contributed by atoms with Gasteiger partial charge in [-0.2, -0.15) is 0 Å². The first kappa shape index (κ1) is 17.2. The van der Waals surface area contributed by atoms with E-state index in [0.29, 0.717) is 6.42 Å². The molecule has 26 heavy (non-hydrogen) atoms. The van der Waals surface area contributed by atoms with E-state index in [1.807, 2.05) is 24.3 Å². The van der Waals surface area contributed by atoms with Gasteiger partial charge in [0.25, 0.3) is 0 Å². The average Bonchev–Trinajstić information content (AvgIpc) is 3.08. The number of nitrogens with zero attached hydrogens (tertiary/aromatic N) is 1. The third-order valence-electron chi connectivity index (χ3n) is 4.86. The van der Waals surface area contributed by atoms with Crippen LogP contribution in [0.4, 0.5) is 0 Å². The molecule has 2 N–H and O–H groups in total. The van der Waals surface area contributed by atoms with E-state index < -0.39 is 0 Å². The fourth-order valence-corrected chi connectivity index (χ4v) is 4.40. The van der Waals surface area contributed by atoms with Crippen LogP contribution in [0.1, 0.15) is 42.9 Å². The molecule has 1 amide bonds. The maximum absolute atomic E-state index is 12.3. The number of H-pyrrole nitrogens is 1. The second kappa shape index (κ2) is 7.96. The predicted molar refractivity (Wildman–Crippen MR) is 106 cm³/mol. The number of carbonyl (C=O) groups is 1. The molecule has 0 radical (unpaired) electrons. The van der Waals surface area contributed by atoms with E-state index >= 15 is 0 Å². The quantitative estimate of drug-likeness (QED) is 0.495. The molecule has 0 spiro atoms. The first-order chi connectivity index (χ1) is 12.8. The molecule has 5 heteroatoms. The fourth-order valence-electron chi connectivity index (χ4n) is 3.57. The van der Waals surface area contributed by atoms with E-state index in [9.17, 15) is 4.79 Å². The second-order valence-corrected chi connectivity index (χ2v) is 7.81. The number of carbonyl (C=O) groups excluding carboxylic acids is 1. The number of benzene rings is 2. The van der Waals surface area contributed by atoms with E-state index in [2.05, 4.69) is 39.6 Å². The number of aromatic nitrogens is 2. The van der Waals surface area contributed by atoms with Gasteiger partial charge >= 0.3 is 0 Å². The van der Waals surface area contributed by atoms with Crippen molar-refractivity contribution in [2.45, 2.75) is 43.3 Å². The van der Waals surface area contributed by atoms with Crippen molar-refractivity contribution in [1.29, 1.82) is 0 Å². The minimum absolute atomic E-state index is 0.150. The van der Waals surface area contributed by atoms with Crippen molar-refractivity contribution >= 4 is 28.7 Å². The monoisotopic (exact) mass is 365 g/mol. The number of imidazole rings is 1. The molecule has 3 aromatic rings. The molecular weight excluding hydrogens is 342 g/mol. The number of hydrogen-bond donors (Lipinski definition) is 2. The topological polar surface area (TPSA) is 57.8 Å². The van der Waals surface area contributed by atoms with Crippen LogP contribution in [-0.4, -0.2) is 21.6 Å². The van der Waals surface area contributed by atoms with Crippen molar-refractivity contribution in [3.8, 4) is 0 Å². The number of amides is 1. The van der Waals surface area contributed by atoms with Gasteiger partial charge in [0.05, 0.1) is 17.1 Å². The number of fused-ring (bicyclic) bond motifs is 2. The minimum Gasteiger partial charge on any atom is -0.349 e. The van der Waals surface area contributed by atoms with Gasteiger partial charge in [0.2, 0.25) is 5.91 Å². The average molecular weight is 366 g/mol. The minimum atomic E-state index is 0.150. The Morgan fingerprint density at radius 1 is 1.19 bits per heavy atom. The van der Waals surface area contributed by atoms with E-state index in [-0.39, 0.29) is 11.9 Å². The number of thioether (sulfide) groups is 1. The summed E-state index contributed by atoms with van der Waals surface area (Å²) in [6.45, 7) is 0. The number of nitrogens with one attached hydrogen (secondary N) is 2. The largest absolute Gasteiger partial charge is 0.349 e. The van der Waals surface area contributed by atoms with E-state index in [1.54, 1.807) is 11.8 Å². The molecule has 0 saturated heterocycles. The Morgan fingerprint density at radius 3 is 2.96 bits per heavy atom. The molecule has 4 rings (SSSR count). The van der Waals surface area contributed by atoms with E-state index in [1.165, 1.54) is 11.1 Å². The molecule has 4 nitrogen and oxygen atoms in total. The SMILES string of the molecule is O=C(CCCSc1nc2ccccc2[nH]1)N[C@H]1CCCc2ccccc21. The van der Waals surface area contributed by atoms with Gasteiger partial charge in [0, 0.05) is 12.2 Å². The zero-order valence-electron chi connectivity index (χ0n) is 14.7. The van der Waals surface area contributed by atoms with Gasteiger partial charge in [-0.1, -0.05) is 48.2 Å². The first-order valence-electron chi connectivity index (χ1n) is 9.24. The molecule has 0 saturated carbocycles. The summed E-state index contributed by atoms with van der Waals surface area (Å²) in [5, 5.41) is 4.15. The molecule has 0 unspecified atom stereocenters. The third kappa shape index (κ3) is 3.93. The molecular formula is C21H23N3OS. The van der Waals surface area contributed by atoms with Gasteiger partial charge in [-0.25, -0.2) is 4.98 Å². The highest BCUT2D eigenvalue weighted by Gasteiger charge is 2.21. The lowest BCUT2D eigenvalue weighted by molar-refractivity contribution is -0.121. The van der Waals surface area contributed by atoms with Gasteiger partial charge in [-0.3, -0.25) is 4.79 Å². The second-order valence-electron chi connectivity index (χ2n) is 6.72. The number of hydrogen-bond acceptors (Lipinski definition) is 3. The molecule has 0 bridgehead atoms. The van der Waals surface area contributed by atoms with Crippen LogP contribution in [-0.2, 0) is 11.2 Å². The Kier molecular flexibility index (Phi) is 5.25. The molecule has 1 aromatic heterocycles. The molecule has 0 aliphatic heterocycles. The normalized spacial score (nSPS) is 16.4. The van der Waals surface area contributed by atoms with Gasteiger partial charge in [0.15, 0.2) is 5.16 Å². The van der Waals surface area contributed by atoms with Crippen molar-refractivity contribution in [3.63, 3.8) is 0 Å². The van der Waals surface area contributed by atoms with Crippen molar-refractivity contribution < 1.29 is 4.79 Å². The van der Waals surface area contributed by atoms with Crippen LogP contribution in [0.15, 0.2) is 53.7 Å². The lowest BCUT2D eigenvalue weighted by atomic mass is 9.87. The molecule has 2 aromatic carbocycles. The highest BCUT2D eigenvalue weighted by molar-refractivity contribution is 7.99. The van der Waals surface area contributed by atoms with Crippen molar-refractivity contribution in [2.75, 3.05) is 5.75 Å². The summed E-state index contributed by atoms with van der Waals surface area (Å²) < 4.78 is 0. The Bertz CT molecular complexity index is 872. The first-order valence-corrected chi connectivity index (χ1v) is 10.2. The number of rotatable bonds is 6. The van der Waals surface area contributed by atoms with Crippen LogP contribution in [0.25, 0.3) is 11.0 Å². The maximum atomic E-state index is 12.3. The zero-order chi connectivity index (χ0) is 17.8. The fraction of sp³-hybridized carbons (Fsp3) is 0.333. The summed E-state index contributed by atoms with van der Waals surface area (Å²) in [6.07, 6.45) is 4.71. The molecule has 1 atom stereocenters. The lowest BCUT2D eigenvalue weighted by Crippen LogP contribution is -2.30. The molecule has 1 aliphatic carbocycles. The van der Waals surface area contributed by atoms with Gasteiger partial charge < -0.3 is 10.3 Å². The summed E-state index contributed by atoms with van der Waals surface area (Å²) in [6, 6.07) is 16.7. The molecule has 1 heterocycles. The van der Waals surface area contributed by atoms with Crippen LogP contribution >= 0.6 is 11.8 Å². The Morgan fingerprint density at radius 2 is 2.04 bits per heavy atom. The summed E-state index contributed by atoms with van der Waals surface area (Å²) in [4.78, 5) is 20.2. The molecule has 0 fully saturated rings. The maximum Gasteiger partial charge on any atom is 0.220 e. The van der Waals surface area contributed by atoms with Crippen molar-refractivity contribution in [2.24, 2.45) is 0 Å². The summed E-state index contributed by atoms with van der Waals surface area (Å²) in [5.41, 5.74) is 4.72. The number of para-hydroxylation sites is 2. The smallest absolute Gasteiger partial charge is 0.220 e. The molecule has 134 valence electrons. The van der Waals surface area contributed by atoms with Gasteiger partial charge in [-0.05, 0) is 48.9 Å². The van der Waals surface area contributed by atoms with Gasteiger partial charge in [-0.15, -0.1) is 0 Å². The van der Waals surface area contributed by atoms with E-state index in [4.69, 9.17) is 0 Å². The van der Waals surface area contributed by atoms with E-state index in [0.717, 1.165) is 47.6 Å². The van der Waals surface area contributed by atoms with Crippen LogP contribution < -0.4 is 5.32 Å². The summed E-state index contributed by atoms with van der Waals surface area (Å²) in [5.74, 6) is 1.03. The standard InChI is InChI=1S/C21H23N3OS/c25-20(22-17-12-5-8-15-7-1-2-9-16(15)17)13-6-14-26-21-23-18-10-3-4-11-19(18)24-21/h1-4,7,9-11,17H,5-6,8,12-14H2,(H,22,25)(H,23,24)/t17-/m0/s1. The van der Waals surface area contributed by atoms with Crippen LogP contribution in [0, 0.1) is 0 Å². The number of aromatic amines is 1. The third-order valence-corrected chi connectivity index (χ3v) is 5.82. The van der Waals surface area contributed by atoms with Crippen LogP contribution in [0.3, 0.4) is 0 Å². The summed E-state index contributed by atoms with van der Waals surface area (Å²) >= 11 is 1.68. The molecule has 1 aliphatic rings. The Labute approximate surface area is 157 Å². The highest BCUT2D eigenvalue weighted by Crippen LogP contribution is 2.29.